The van der Waals surface area contributed by atoms with Crippen LogP contribution in [-0.4, -0.2) is 45.6 Å². The average Bonchev–Trinajstić information content (AvgIpc) is 2.05. The molecule has 0 heterocycles. The van der Waals surface area contributed by atoms with Crippen LogP contribution in [0.2, 0.25) is 0 Å². The van der Waals surface area contributed by atoms with E-state index in [1.807, 2.05) is 0 Å². The largest absolute Gasteiger partial charge is 0.468 e. The minimum Gasteiger partial charge on any atom is -0.468 e. The van der Waals surface area contributed by atoms with Crippen LogP contribution in [-0.2, 0) is 14.2 Å². The highest BCUT2D eigenvalue weighted by Crippen LogP contribution is 1.84. The molecule has 0 bridgehead atoms. The maximum Gasteiger partial charge on any atom is 0.396 e. The van der Waals surface area contributed by atoms with Crippen LogP contribution in [0.15, 0.2) is 0 Å². The molecule has 6 heteroatoms. The van der Waals surface area contributed by atoms with Gasteiger partial charge < -0.3 is 19.7 Å². The topological polar surface area (TPSA) is 67.8 Å². The Hall–Kier alpha value is -0.585. The van der Waals surface area contributed by atoms with E-state index in [-0.39, 0.29) is 6.61 Å². The SMILES string of the molecule is CO[B]N[C@H](CO)C(=O)OC. The van der Waals surface area contributed by atoms with E-state index in [2.05, 4.69) is 14.6 Å². The molecule has 0 aliphatic carbocycles. The molecule has 1 radical (unpaired) electrons. The van der Waals surface area contributed by atoms with Crippen LogP contribution in [0.5, 0.6) is 0 Å². The van der Waals surface area contributed by atoms with Crippen LogP contribution in [0.4, 0.5) is 0 Å². The smallest absolute Gasteiger partial charge is 0.396 e. The third-order valence-corrected chi connectivity index (χ3v) is 1.06. The summed E-state index contributed by atoms with van der Waals surface area (Å²) in [7, 11) is 3.88. The molecule has 0 aliphatic rings. The lowest BCUT2D eigenvalue weighted by molar-refractivity contribution is -0.143. The molecular formula is C5H11BNO4. The van der Waals surface area contributed by atoms with Crippen LogP contribution < -0.4 is 5.23 Å². The monoisotopic (exact) mass is 160 g/mol. The molecule has 0 aromatic heterocycles. The van der Waals surface area contributed by atoms with Crippen molar-refractivity contribution in [1.29, 1.82) is 0 Å². The molecule has 11 heavy (non-hydrogen) atoms. The van der Waals surface area contributed by atoms with Gasteiger partial charge in [-0.1, -0.05) is 0 Å². The lowest BCUT2D eigenvalue weighted by Gasteiger charge is -2.11. The molecule has 1 atom stereocenters. The van der Waals surface area contributed by atoms with Gasteiger partial charge in [0.15, 0.2) is 0 Å². The van der Waals surface area contributed by atoms with Crippen molar-refractivity contribution < 1.29 is 19.3 Å². The van der Waals surface area contributed by atoms with Gasteiger partial charge in [-0.2, -0.15) is 0 Å². The second-order valence-electron chi connectivity index (χ2n) is 1.78. The van der Waals surface area contributed by atoms with E-state index in [9.17, 15) is 4.79 Å². The van der Waals surface area contributed by atoms with Gasteiger partial charge in [0.05, 0.1) is 13.7 Å². The molecule has 63 valence electrons. The summed E-state index contributed by atoms with van der Waals surface area (Å²) in [5.74, 6) is -0.527. The van der Waals surface area contributed by atoms with Crippen molar-refractivity contribution in [2.75, 3.05) is 20.8 Å². The molecule has 0 fully saturated rings. The van der Waals surface area contributed by atoms with Crippen molar-refractivity contribution >= 4 is 13.6 Å². The van der Waals surface area contributed by atoms with Crippen molar-refractivity contribution in [3.8, 4) is 0 Å². The number of esters is 1. The summed E-state index contributed by atoms with van der Waals surface area (Å²) in [5, 5.41) is 11.1. The van der Waals surface area contributed by atoms with Crippen LogP contribution in [0.25, 0.3) is 0 Å². The number of aliphatic hydroxyl groups is 1. The number of hydrogen-bond acceptors (Lipinski definition) is 5. The summed E-state index contributed by atoms with van der Waals surface area (Å²) < 4.78 is 8.88. The van der Waals surface area contributed by atoms with Crippen molar-refractivity contribution in [2.24, 2.45) is 0 Å². The highest BCUT2D eigenvalue weighted by atomic mass is 16.5. The van der Waals surface area contributed by atoms with Gasteiger partial charge in [-0.05, 0) is 0 Å². The summed E-state index contributed by atoms with van der Waals surface area (Å²) in [6.07, 6.45) is 0. The first-order valence-electron chi connectivity index (χ1n) is 3.05. The molecule has 0 aliphatic heterocycles. The number of methoxy groups -OCH3 is 1. The number of aliphatic hydroxyl groups excluding tert-OH is 1. The summed E-state index contributed by atoms with van der Waals surface area (Å²) in [5.41, 5.74) is 0. The number of hydrogen-bond donors (Lipinski definition) is 2. The maximum atomic E-state index is 10.7. The van der Waals surface area contributed by atoms with Crippen LogP contribution in [0.1, 0.15) is 0 Å². The zero-order chi connectivity index (χ0) is 8.69. The first kappa shape index (κ1) is 10.4. The highest BCUT2D eigenvalue weighted by molar-refractivity contribution is 6.24. The number of ether oxygens (including phenoxy) is 1. The molecule has 0 aromatic rings. The van der Waals surface area contributed by atoms with E-state index in [4.69, 9.17) is 5.11 Å². The van der Waals surface area contributed by atoms with Gasteiger partial charge in [0.2, 0.25) is 0 Å². The Labute approximate surface area is 66.0 Å². The molecule has 0 unspecified atom stereocenters. The molecular weight excluding hydrogens is 149 g/mol. The second-order valence-corrected chi connectivity index (χ2v) is 1.78. The highest BCUT2D eigenvalue weighted by Gasteiger charge is 2.16. The van der Waals surface area contributed by atoms with Crippen LogP contribution >= 0.6 is 0 Å². The summed E-state index contributed by atoms with van der Waals surface area (Å²) in [6.45, 7) is -0.327. The molecule has 2 N–H and O–H groups in total. The van der Waals surface area contributed by atoms with Gasteiger partial charge in [-0.3, -0.25) is 4.79 Å². The van der Waals surface area contributed by atoms with Gasteiger partial charge >= 0.3 is 13.6 Å². The van der Waals surface area contributed by atoms with E-state index in [1.165, 1.54) is 21.8 Å². The minimum atomic E-state index is -0.750. The Balaban J connectivity index is 3.65. The first-order chi connectivity index (χ1) is 5.26. The fourth-order valence-electron chi connectivity index (χ4n) is 0.488. The van der Waals surface area contributed by atoms with Crippen molar-refractivity contribution in [2.45, 2.75) is 6.04 Å². The molecule has 5 nitrogen and oxygen atoms in total. The number of nitrogens with one attached hydrogen (secondary N) is 1. The molecule has 0 saturated carbocycles. The third-order valence-electron chi connectivity index (χ3n) is 1.06. The Morgan fingerprint density at radius 1 is 1.73 bits per heavy atom. The Kier molecular flexibility index (Phi) is 5.82. The van der Waals surface area contributed by atoms with Crippen molar-refractivity contribution in [3.63, 3.8) is 0 Å². The number of carbonyl (C=O) groups excluding carboxylic acids is 1. The van der Waals surface area contributed by atoms with Gasteiger partial charge in [0.1, 0.15) is 6.04 Å². The fourth-order valence-corrected chi connectivity index (χ4v) is 0.488. The first-order valence-corrected chi connectivity index (χ1v) is 3.05. The van der Waals surface area contributed by atoms with E-state index >= 15 is 0 Å². The molecule has 0 saturated heterocycles. The summed E-state index contributed by atoms with van der Waals surface area (Å²) >= 11 is 0. The van der Waals surface area contributed by atoms with Crippen LogP contribution in [0.3, 0.4) is 0 Å². The Bertz CT molecular complexity index is 121. The fraction of sp³-hybridized carbons (Fsp3) is 0.800. The van der Waals surface area contributed by atoms with Crippen LogP contribution in [0, 0.1) is 0 Å². The predicted molar refractivity (Wildman–Crippen MR) is 38.8 cm³/mol. The third kappa shape index (κ3) is 3.97. The van der Waals surface area contributed by atoms with Gasteiger partial charge in [0, 0.05) is 7.11 Å². The lowest BCUT2D eigenvalue weighted by Crippen LogP contribution is -2.43. The predicted octanol–water partition coefficient (Wildman–Crippen LogP) is -1.71. The zero-order valence-corrected chi connectivity index (χ0v) is 6.53. The quantitative estimate of drug-likeness (QED) is 0.370. The lowest BCUT2D eigenvalue weighted by atomic mass is 10.2. The average molecular weight is 160 g/mol. The summed E-state index contributed by atoms with van der Waals surface area (Å²) in [6, 6.07) is -0.750. The normalized spacial score (nSPS) is 12.3. The maximum absolute atomic E-state index is 10.7. The zero-order valence-electron chi connectivity index (χ0n) is 6.53. The van der Waals surface area contributed by atoms with Gasteiger partial charge in [-0.25, -0.2) is 0 Å². The molecule has 0 spiro atoms. The number of rotatable bonds is 5. The van der Waals surface area contributed by atoms with Gasteiger partial charge in [-0.15, -0.1) is 0 Å². The molecule has 0 aromatic carbocycles. The minimum absolute atomic E-state index is 0.327. The Morgan fingerprint density at radius 3 is 2.73 bits per heavy atom. The second kappa shape index (κ2) is 6.15. The standard InChI is InChI=1S/C5H11BNO4/c1-10-5(9)4(3-8)7-6-11-2/h4,7-8H,3H2,1-2H3/t4-/m1/s1. The van der Waals surface area contributed by atoms with E-state index in [0.29, 0.717) is 0 Å². The molecule has 0 amide bonds. The number of carbonyl (C=O) groups is 1. The molecule has 0 rings (SSSR count). The van der Waals surface area contributed by atoms with Gasteiger partial charge in [0.25, 0.3) is 0 Å². The van der Waals surface area contributed by atoms with Crippen molar-refractivity contribution in [1.82, 2.24) is 5.23 Å². The van der Waals surface area contributed by atoms with Crippen molar-refractivity contribution in [3.05, 3.63) is 0 Å². The summed E-state index contributed by atoms with van der Waals surface area (Å²) in [4.78, 5) is 10.7. The Morgan fingerprint density at radius 2 is 2.36 bits per heavy atom. The van der Waals surface area contributed by atoms with E-state index in [0.717, 1.165) is 0 Å². The van der Waals surface area contributed by atoms with E-state index in [1.54, 1.807) is 0 Å². The van der Waals surface area contributed by atoms with E-state index < -0.39 is 12.0 Å².